The molecule has 108 valence electrons. The van der Waals surface area contributed by atoms with Crippen LogP contribution >= 0.6 is 0 Å². The van der Waals surface area contributed by atoms with E-state index in [9.17, 15) is 4.39 Å². The van der Waals surface area contributed by atoms with Gasteiger partial charge < -0.3 is 5.32 Å². The molecule has 20 heavy (non-hydrogen) atoms. The predicted octanol–water partition coefficient (Wildman–Crippen LogP) is 4.72. The number of benzene rings is 1. The van der Waals surface area contributed by atoms with Gasteiger partial charge in [-0.05, 0) is 48.8 Å². The van der Waals surface area contributed by atoms with Gasteiger partial charge in [0.1, 0.15) is 11.9 Å². The molecular weight excluding hydrogens is 251 g/mol. The predicted molar refractivity (Wildman–Crippen MR) is 80.0 cm³/mol. The van der Waals surface area contributed by atoms with Crippen LogP contribution in [0.5, 0.6) is 0 Å². The lowest BCUT2D eigenvalue weighted by Crippen LogP contribution is -2.28. The maximum absolute atomic E-state index is 13.6. The molecule has 1 aliphatic carbocycles. The first kappa shape index (κ1) is 14.8. The highest BCUT2D eigenvalue weighted by Crippen LogP contribution is 2.43. The van der Waals surface area contributed by atoms with Crippen molar-refractivity contribution in [2.75, 3.05) is 11.9 Å². The van der Waals surface area contributed by atoms with Crippen LogP contribution in [0.2, 0.25) is 0 Å². The smallest absolute Gasteiger partial charge is 0.143 e. The number of hydrogen-bond donors (Lipinski definition) is 1. The van der Waals surface area contributed by atoms with Crippen molar-refractivity contribution >= 4 is 5.69 Å². The number of hydrogen-bond acceptors (Lipinski definition) is 2. The summed E-state index contributed by atoms with van der Waals surface area (Å²) in [4.78, 5) is 0. The van der Waals surface area contributed by atoms with Crippen LogP contribution in [-0.2, 0) is 0 Å². The molecule has 0 atom stereocenters. The highest BCUT2D eigenvalue weighted by molar-refractivity contribution is 5.48. The molecule has 0 aromatic heterocycles. The van der Waals surface area contributed by atoms with Crippen LogP contribution in [0, 0.1) is 28.5 Å². The molecule has 0 bridgehead atoms. The molecule has 0 aliphatic heterocycles. The van der Waals surface area contributed by atoms with E-state index >= 15 is 0 Å². The lowest BCUT2D eigenvalue weighted by atomic mass is 9.78. The third-order valence-corrected chi connectivity index (χ3v) is 4.26. The summed E-state index contributed by atoms with van der Waals surface area (Å²) in [5.41, 5.74) is 1.24. The molecule has 1 aromatic rings. The minimum atomic E-state index is -0.443. The van der Waals surface area contributed by atoms with Crippen molar-refractivity contribution in [2.45, 2.75) is 46.0 Å². The molecule has 0 spiro atoms. The fraction of sp³-hybridized carbons (Fsp3) is 0.588. The first-order chi connectivity index (χ1) is 9.54. The van der Waals surface area contributed by atoms with E-state index in [2.05, 4.69) is 19.2 Å². The van der Waals surface area contributed by atoms with Crippen molar-refractivity contribution < 1.29 is 4.39 Å². The highest BCUT2D eigenvalue weighted by atomic mass is 19.1. The van der Waals surface area contributed by atoms with E-state index in [4.69, 9.17) is 5.26 Å². The average Bonchev–Trinajstić information content (AvgIpc) is 2.84. The Bertz CT molecular complexity index is 496. The summed E-state index contributed by atoms with van der Waals surface area (Å²) < 4.78 is 13.6. The lowest BCUT2D eigenvalue weighted by molar-refractivity contribution is 0.252. The maximum atomic E-state index is 13.6. The van der Waals surface area contributed by atoms with Crippen molar-refractivity contribution in [3.8, 4) is 6.07 Å². The van der Waals surface area contributed by atoms with Gasteiger partial charge in [-0.25, -0.2) is 4.39 Å². The Morgan fingerprint density at radius 3 is 2.60 bits per heavy atom. The summed E-state index contributed by atoms with van der Waals surface area (Å²) in [6.07, 6.45) is 6.35. The van der Waals surface area contributed by atoms with Gasteiger partial charge in [-0.15, -0.1) is 0 Å². The molecule has 1 aliphatic rings. The Morgan fingerprint density at radius 1 is 1.35 bits per heavy atom. The third kappa shape index (κ3) is 3.50. The highest BCUT2D eigenvalue weighted by Gasteiger charge is 2.34. The first-order valence-corrected chi connectivity index (χ1v) is 7.48. The molecule has 1 saturated carbocycles. The average molecular weight is 274 g/mol. The maximum Gasteiger partial charge on any atom is 0.143 e. The molecule has 1 N–H and O–H groups in total. The zero-order chi connectivity index (χ0) is 14.6. The second-order valence-corrected chi connectivity index (χ2v) is 6.47. The van der Waals surface area contributed by atoms with Gasteiger partial charge in [0.2, 0.25) is 0 Å². The van der Waals surface area contributed by atoms with E-state index < -0.39 is 5.82 Å². The van der Waals surface area contributed by atoms with E-state index in [1.165, 1.54) is 38.2 Å². The van der Waals surface area contributed by atoms with Gasteiger partial charge in [0.05, 0.1) is 5.56 Å². The standard InChI is InChI=1S/C17H23FN2/c1-13(2)10-17(7-3-4-8-17)12-20-15-6-5-14(11-19)16(18)9-15/h5-6,9,13,20H,3-4,7-8,10,12H2,1-2H3. The monoisotopic (exact) mass is 274 g/mol. The van der Waals surface area contributed by atoms with Crippen molar-refractivity contribution in [1.29, 1.82) is 5.26 Å². The largest absolute Gasteiger partial charge is 0.384 e. The Morgan fingerprint density at radius 2 is 2.05 bits per heavy atom. The number of nitrogens with one attached hydrogen (secondary N) is 1. The summed E-state index contributed by atoms with van der Waals surface area (Å²) in [6.45, 7) is 5.43. The molecule has 0 unspecified atom stereocenters. The van der Waals surface area contributed by atoms with Crippen molar-refractivity contribution in [3.05, 3.63) is 29.6 Å². The van der Waals surface area contributed by atoms with E-state index in [1.54, 1.807) is 12.1 Å². The second kappa shape index (κ2) is 6.26. The van der Waals surface area contributed by atoms with Crippen LogP contribution in [-0.4, -0.2) is 6.54 Å². The number of nitrogens with zero attached hydrogens (tertiary/aromatic N) is 1. The molecular formula is C17H23FN2. The Kier molecular flexibility index (Phi) is 4.65. The molecule has 2 rings (SSSR count). The van der Waals surface area contributed by atoms with E-state index in [0.717, 1.165) is 12.2 Å². The van der Waals surface area contributed by atoms with Gasteiger partial charge in [-0.3, -0.25) is 0 Å². The van der Waals surface area contributed by atoms with Crippen LogP contribution < -0.4 is 5.32 Å². The Balaban J connectivity index is 2.03. The SMILES string of the molecule is CC(C)CC1(CNc2ccc(C#N)c(F)c2)CCCC1. The molecule has 1 fully saturated rings. The van der Waals surface area contributed by atoms with E-state index in [0.29, 0.717) is 11.3 Å². The molecule has 0 radical (unpaired) electrons. The van der Waals surface area contributed by atoms with Gasteiger partial charge in [-0.2, -0.15) is 5.26 Å². The molecule has 0 saturated heterocycles. The Hall–Kier alpha value is -1.56. The summed E-state index contributed by atoms with van der Waals surface area (Å²) in [6, 6.07) is 6.61. The van der Waals surface area contributed by atoms with Gasteiger partial charge >= 0.3 is 0 Å². The number of rotatable bonds is 5. The second-order valence-electron chi connectivity index (χ2n) is 6.47. The van der Waals surface area contributed by atoms with Gasteiger partial charge in [-0.1, -0.05) is 26.7 Å². The summed E-state index contributed by atoms with van der Waals surface area (Å²) >= 11 is 0. The van der Waals surface area contributed by atoms with Crippen LogP contribution in [0.4, 0.5) is 10.1 Å². The van der Waals surface area contributed by atoms with Crippen LogP contribution in [0.25, 0.3) is 0 Å². The molecule has 3 heteroatoms. The zero-order valence-electron chi connectivity index (χ0n) is 12.4. The molecule has 0 amide bonds. The van der Waals surface area contributed by atoms with Gasteiger partial charge in [0.25, 0.3) is 0 Å². The topological polar surface area (TPSA) is 35.8 Å². The van der Waals surface area contributed by atoms with Crippen molar-refractivity contribution in [1.82, 2.24) is 0 Å². The lowest BCUT2D eigenvalue weighted by Gasteiger charge is -2.31. The van der Waals surface area contributed by atoms with E-state index in [1.807, 2.05) is 6.07 Å². The normalized spacial score (nSPS) is 17.1. The molecule has 0 heterocycles. The van der Waals surface area contributed by atoms with Crippen LogP contribution in [0.15, 0.2) is 18.2 Å². The first-order valence-electron chi connectivity index (χ1n) is 7.48. The number of nitriles is 1. The summed E-state index contributed by atoms with van der Waals surface area (Å²) in [5.74, 6) is 0.245. The fourth-order valence-corrected chi connectivity index (χ4v) is 3.45. The Labute approximate surface area is 121 Å². The van der Waals surface area contributed by atoms with Gasteiger partial charge in [0, 0.05) is 12.2 Å². The quantitative estimate of drug-likeness (QED) is 0.843. The summed E-state index contributed by atoms with van der Waals surface area (Å²) in [5, 5.41) is 12.1. The van der Waals surface area contributed by atoms with Crippen LogP contribution in [0.3, 0.4) is 0 Å². The summed E-state index contributed by atoms with van der Waals surface area (Å²) in [7, 11) is 0. The molecule has 1 aromatic carbocycles. The van der Waals surface area contributed by atoms with Gasteiger partial charge in [0.15, 0.2) is 0 Å². The van der Waals surface area contributed by atoms with Crippen molar-refractivity contribution in [3.63, 3.8) is 0 Å². The minimum Gasteiger partial charge on any atom is -0.384 e. The number of anilines is 1. The third-order valence-electron chi connectivity index (χ3n) is 4.26. The fourth-order valence-electron chi connectivity index (χ4n) is 3.45. The minimum absolute atomic E-state index is 0.105. The number of halogens is 1. The zero-order valence-corrected chi connectivity index (χ0v) is 12.4. The van der Waals surface area contributed by atoms with Crippen LogP contribution in [0.1, 0.15) is 51.5 Å². The van der Waals surface area contributed by atoms with Crippen molar-refractivity contribution in [2.24, 2.45) is 11.3 Å². The van der Waals surface area contributed by atoms with E-state index in [-0.39, 0.29) is 5.56 Å². The molecule has 2 nitrogen and oxygen atoms in total.